The number of rotatable bonds is 12. The number of allylic oxidation sites excluding steroid dienone is 3. The molecule has 1 amide bonds. The Balaban J connectivity index is 0. The van der Waals surface area contributed by atoms with Crippen molar-refractivity contribution in [1.29, 1.82) is 0 Å². The van der Waals surface area contributed by atoms with E-state index in [0.29, 0.717) is 12.2 Å². The number of hydrogen-bond donors (Lipinski definition) is 4. The maximum Gasteiger partial charge on any atom is 0.283 e. The number of aliphatic imine (C=N–C) groups is 2. The lowest BCUT2D eigenvalue weighted by Gasteiger charge is -2.20. The maximum atomic E-state index is 12.3. The fraction of sp³-hybridized carbons (Fsp3) is 0.424. The highest BCUT2D eigenvalue weighted by atomic mass is 32.2. The molecular weight excluding hydrogens is 560 g/mol. The van der Waals surface area contributed by atoms with Gasteiger partial charge in [0, 0.05) is 37.3 Å². The first kappa shape index (κ1) is 41.7. The van der Waals surface area contributed by atoms with Crippen molar-refractivity contribution < 1.29 is 14.7 Å². The Bertz CT molecular complexity index is 1170. The number of aromatic nitrogens is 1. The minimum atomic E-state index is -0.538. The second kappa shape index (κ2) is 25.1. The number of aliphatic hydroxyl groups is 1. The molecule has 0 spiro atoms. The van der Waals surface area contributed by atoms with Gasteiger partial charge in [-0.3, -0.25) is 19.8 Å². The van der Waals surface area contributed by atoms with Gasteiger partial charge in [0.25, 0.3) is 5.24 Å². The minimum Gasteiger partial charge on any atom is -0.400 e. The summed E-state index contributed by atoms with van der Waals surface area (Å²) in [7, 11) is 2.50. The van der Waals surface area contributed by atoms with Crippen molar-refractivity contribution in [2.45, 2.75) is 77.7 Å². The summed E-state index contributed by atoms with van der Waals surface area (Å²) in [6.45, 7) is 16.1. The summed E-state index contributed by atoms with van der Waals surface area (Å²) in [5, 5.41) is 9.67. The average molecular weight is 613 g/mol. The second-order valence-electron chi connectivity index (χ2n) is 9.18. The van der Waals surface area contributed by atoms with Gasteiger partial charge in [0.1, 0.15) is 6.29 Å². The van der Waals surface area contributed by atoms with E-state index in [1.807, 2.05) is 90.2 Å². The zero-order valence-corrected chi connectivity index (χ0v) is 28.0. The average Bonchev–Trinajstić information content (AvgIpc) is 3.02. The first-order valence-electron chi connectivity index (χ1n) is 14.3. The number of benzene rings is 1. The molecule has 238 valence electrons. The van der Waals surface area contributed by atoms with Crippen LogP contribution in [-0.2, 0) is 4.79 Å². The number of amides is 1. The number of aliphatic hydroxyl groups excluding tert-OH is 1. The molecule has 0 radical (unpaired) electrons. The van der Waals surface area contributed by atoms with Crippen LogP contribution < -0.4 is 16.8 Å². The summed E-state index contributed by atoms with van der Waals surface area (Å²) in [6.07, 6.45) is 12.0. The highest BCUT2D eigenvalue weighted by molar-refractivity contribution is 8.13. The molecule has 1 aromatic carbocycles. The molecule has 0 saturated carbocycles. The number of carbonyl (C=O) groups is 2. The predicted octanol–water partition coefficient (Wildman–Crippen LogP) is 6.97. The lowest BCUT2D eigenvalue weighted by molar-refractivity contribution is -0.112. The minimum absolute atomic E-state index is 0.141. The number of pyridine rings is 1. The molecule has 0 saturated heterocycles. The Labute approximate surface area is 263 Å². The highest BCUT2D eigenvalue weighted by Crippen LogP contribution is 2.41. The number of nitrogens with one attached hydrogen (secondary N) is 1. The molecule has 0 atom stereocenters. The summed E-state index contributed by atoms with van der Waals surface area (Å²) < 4.78 is 0. The molecule has 0 unspecified atom stereocenters. The molecular formula is C33H52N6O3S. The molecule has 9 nitrogen and oxygen atoms in total. The van der Waals surface area contributed by atoms with Gasteiger partial charge in [-0.05, 0) is 101 Å². The van der Waals surface area contributed by atoms with Gasteiger partial charge in [0.05, 0.1) is 21.8 Å². The molecule has 2 aromatic rings. The Morgan fingerprint density at radius 3 is 2.21 bits per heavy atom. The van der Waals surface area contributed by atoms with E-state index in [1.54, 1.807) is 6.20 Å². The van der Waals surface area contributed by atoms with E-state index in [-0.39, 0.29) is 5.24 Å². The van der Waals surface area contributed by atoms with Crippen LogP contribution in [0.15, 0.2) is 69.8 Å². The molecule has 2 rings (SSSR count). The number of nitrogens with two attached hydrogens (primary N) is 2. The van der Waals surface area contributed by atoms with Crippen LogP contribution in [0.4, 0.5) is 10.5 Å². The molecule has 43 heavy (non-hydrogen) atoms. The van der Waals surface area contributed by atoms with E-state index in [0.717, 1.165) is 83.8 Å². The standard InChI is InChI=1S/C23H26N4OS.C8H17NO.CH5N.CH4O/c1-6-10-17(15-27-16(3)4)18-13-19(20-11-8-9-12-26-20)22(21(14-18)24-5)29-23(28)25-7-2;1-3-5-8(9,7-10)6-4-2;2*1-2/h6,8-15H,5,7H2,1-4H3,(H,25,28);7H,3-6,9H2,1-2H3;2H2,1H3;2H,1H3/b10-6-,17-15+;;;. The maximum absolute atomic E-state index is 12.3. The zero-order chi connectivity index (χ0) is 33.3. The van der Waals surface area contributed by atoms with Crippen molar-refractivity contribution >= 4 is 47.0 Å². The Kier molecular flexibility index (Phi) is 24.3. The summed E-state index contributed by atoms with van der Waals surface area (Å²) in [6, 6.07) is 9.64. The van der Waals surface area contributed by atoms with Gasteiger partial charge in [-0.15, -0.1) is 0 Å². The van der Waals surface area contributed by atoms with Crippen LogP contribution in [-0.4, -0.2) is 60.3 Å². The third-order valence-corrected chi connectivity index (χ3v) is 6.47. The molecule has 6 N–H and O–H groups in total. The number of nitrogens with zero attached hydrogens (tertiary/aromatic N) is 3. The van der Waals surface area contributed by atoms with Crippen LogP contribution in [0.2, 0.25) is 0 Å². The van der Waals surface area contributed by atoms with Crippen molar-refractivity contribution in [1.82, 2.24) is 10.3 Å². The SMILES string of the molecule is C=Nc1cc(C(/C=C\C)=C/N=C(C)C)cc(-c2ccccn2)c1SC(=O)NCC.CCCC(N)(C=O)CCC.CN.CO. The molecule has 0 aliphatic carbocycles. The summed E-state index contributed by atoms with van der Waals surface area (Å²) in [4.78, 5) is 36.6. The molecule has 0 aliphatic heterocycles. The van der Waals surface area contributed by atoms with Gasteiger partial charge in [-0.2, -0.15) is 0 Å². The van der Waals surface area contributed by atoms with Gasteiger partial charge < -0.3 is 26.7 Å². The van der Waals surface area contributed by atoms with Crippen molar-refractivity contribution in [3.8, 4) is 11.3 Å². The summed E-state index contributed by atoms with van der Waals surface area (Å²) in [5.74, 6) is 0. The largest absolute Gasteiger partial charge is 0.400 e. The zero-order valence-electron chi connectivity index (χ0n) is 27.2. The molecule has 0 bridgehead atoms. The van der Waals surface area contributed by atoms with Crippen LogP contribution in [0, 0.1) is 0 Å². The Morgan fingerprint density at radius 1 is 1.14 bits per heavy atom. The van der Waals surface area contributed by atoms with Crippen molar-refractivity contribution in [2.75, 3.05) is 20.7 Å². The molecule has 0 aliphatic rings. The molecule has 10 heteroatoms. The van der Waals surface area contributed by atoms with Crippen LogP contribution in [0.5, 0.6) is 0 Å². The van der Waals surface area contributed by atoms with E-state index >= 15 is 0 Å². The lowest BCUT2D eigenvalue weighted by atomic mass is 9.92. The number of carbonyl (C=O) groups excluding carboxylic acids is 2. The predicted molar refractivity (Wildman–Crippen MR) is 186 cm³/mol. The number of thioether (sulfide) groups is 1. The van der Waals surface area contributed by atoms with Crippen molar-refractivity contribution in [2.24, 2.45) is 21.5 Å². The Hall–Kier alpha value is -3.44. The van der Waals surface area contributed by atoms with Crippen LogP contribution in [0.3, 0.4) is 0 Å². The summed E-state index contributed by atoms with van der Waals surface area (Å²) in [5.41, 5.74) is 14.8. The fourth-order valence-electron chi connectivity index (χ4n) is 3.76. The molecule has 0 fully saturated rings. The number of aldehydes is 1. The van der Waals surface area contributed by atoms with Crippen molar-refractivity contribution in [3.63, 3.8) is 0 Å². The third-order valence-electron chi connectivity index (χ3n) is 5.50. The van der Waals surface area contributed by atoms with Crippen LogP contribution in [0.25, 0.3) is 16.8 Å². The van der Waals surface area contributed by atoms with E-state index in [9.17, 15) is 9.59 Å². The number of hydrogen-bond acceptors (Lipinski definition) is 9. The monoisotopic (exact) mass is 612 g/mol. The fourth-order valence-corrected chi connectivity index (χ4v) is 4.66. The van der Waals surface area contributed by atoms with Gasteiger partial charge in [0.15, 0.2) is 0 Å². The van der Waals surface area contributed by atoms with Gasteiger partial charge in [0.2, 0.25) is 0 Å². The summed E-state index contributed by atoms with van der Waals surface area (Å²) >= 11 is 1.10. The van der Waals surface area contributed by atoms with Crippen LogP contribution in [0.1, 0.15) is 72.8 Å². The van der Waals surface area contributed by atoms with Gasteiger partial charge in [-0.1, -0.05) is 44.9 Å². The topological polar surface area (TPSA) is 156 Å². The smallest absolute Gasteiger partial charge is 0.283 e. The first-order chi connectivity index (χ1) is 20.7. The third kappa shape index (κ3) is 16.1. The highest BCUT2D eigenvalue weighted by Gasteiger charge is 2.21. The second-order valence-corrected chi connectivity index (χ2v) is 10.2. The van der Waals surface area contributed by atoms with E-state index in [4.69, 9.17) is 10.8 Å². The van der Waals surface area contributed by atoms with E-state index < -0.39 is 5.54 Å². The van der Waals surface area contributed by atoms with Gasteiger partial charge >= 0.3 is 0 Å². The van der Waals surface area contributed by atoms with E-state index in [1.165, 1.54) is 7.05 Å². The van der Waals surface area contributed by atoms with E-state index in [2.05, 4.69) is 32.7 Å². The molecule has 1 heterocycles. The normalized spacial score (nSPS) is 10.6. The van der Waals surface area contributed by atoms with Crippen molar-refractivity contribution in [3.05, 3.63) is 60.4 Å². The van der Waals surface area contributed by atoms with Gasteiger partial charge in [-0.25, -0.2) is 0 Å². The quantitative estimate of drug-likeness (QED) is 0.0873. The Morgan fingerprint density at radius 2 is 1.77 bits per heavy atom. The first-order valence-corrected chi connectivity index (χ1v) is 15.1. The lowest BCUT2D eigenvalue weighted by Crippen LogP contribution is -2.41. The van der Waals surface area contributed by atoms with Crippen LogP contribution >= 0.6 is 11.8 Å². The molecule has 1 aromatic heterocycles.